The van der Waals surface area contributed by atoms with Gasteiger partial charge in [0.15, 0.2) is 0 Å². The lowest BCUT2D eigenvalue weighted by Crippen LogP contribution is -2.37. The number of anilines is 1. The first-order chi connectivity index (χ1) is 12.2. The van der Waals surface area contributed by atoms with Crippen molar-refractivity contribution in [3.63, 3.8) is 0 Å². The van der Waals surface area contributed by atoms with Crippen molar-refractivity contribution < 1.29 is 0 Å². The fourth-order valence-electron chi connectivity index (χ4n) is 4.48. The summed E-state index contributed by atoms with van der Waals surface area (Å²) in [6.07, 6.45) is 1.06. The Morgan fingerprint density at radius 2 is 1.35 bits per heavy atom. The van der Waals surface area contributed by atoms with Crippen LogP contribution in [-0.4, -0.2) is 5.54 Å². The molecule has 2 aromatic rings. The first kappa shape index (κ1) is 19.0. The van der Waals surface area contributed by atoms with Crippen LogP contribution in [0.15, 0.2) is 48.5 Å². The van der Waals surface area contributed by atoms with Crippen molar-refractivity contribution in [2.75, 3.05) is 4.90 Å². The smallest absolute Gasteiger partial charge is 0.103 e. The van der Waals surface area contributed by atoms with E-state index in [2.05, 4.69) is 108 Å². The lowest BCUT2D eigenvalue weighted by molar-refractivity contribution is 0.449. The largest absolute Gasteiger partial charge is 0.354 e. The molecule has 1 aliphatic heterocycles. The third-order valence-corrected chi connectivity index (χ3v) is 5.73. The Balaban J connectivity index is 2.13. The van der Waals surface area contributed by atoms with E-state index in [9.17, 15) is 0 Å². The Morgan fingerprint density at radius 3 is 1.85 bits per heavy atom. The van der Waals surface area contributed by atoms with Crippen molar-refractivity contribution >= 4 is 5.69 Å². The first-order valence-corrected chi connectivity index (χ1v) is 9.92. The zero-order valence-electron chi connectivity index (χ0n) is 17.4. The summed E-state index contributed by atoms with van der Waals surface area (Å²) in [5.74, 6) is 0.981. The van der Waals surface area contributed by atoms with Crippen LogP contribution >= 0.6 is 0 Å². The van der Waals surface area contributed by atoms with E-state index < -0.39 is 0 Å². The van der Waals surface area contributed by atoms with Gasteiger partial charge in [-0.3, -0.25) is 0 Å². The van der Waals surface area contributed by atoms with Gasteiger partial charge in [-0.1, -0.05) is 83.1 Å². The molecule has 1 aliphatic rings. The predicted octanol–water partition coefficient (Wildman–Crippen LogP) is 6.92. The number of benzene rings is 2. The fraction of sp³-hybridized carbons (Fsp3) is 0.480. The summed E-state index contributed by atoms with van der Waals surface area (Å²) in [4.78, 5) is 2.46. The summed E-state index contributed by atoms with van der Waals surface area (Å²) in [5.41, 5.74) is 5.54. The molecule has 2 radical (unpaired) electrons. The summed E-state index contributed by atoms with van der Waals surface area (Å²) in [7, 11) is 0. The van der Waals surface area contributed by atoms with E-state index in [0.717, 1.165) is 6.42 Å². The Morgan fingerprint density at radius 1 is 0.808 bits per heavy atom. The topological polar surface area (TPSA) is 3.24 Å². The molecule has 1 unspecified atom stereocenters. The van der Waals surface area contributed by atoms with Crippen LogP contribution in [0.4, 0.5) is 5.69 Å². The van der Waals surface area contributed by atoms with E-state index in [-0.39, 0.29) is 11.0 Å². The SMILES string of the molecule is CC(C)c1cccc(C(C)C)c1N1[C]C(C)(c2ccccc2)CC1(C)C. The second-order valence-electron chi connectivity index (χ2n) is 9.23. The molecule has 3 rings (SSSR count). The molecule has 0 spiro atoms. The zero-order valence-corrected chi connectivity index (χ0v) is 17.4. The molecular formula is C25H33N. The maximum Gasteiger partial charge on any atom is 0.103 e. The number of nitrogens with zero attached hydrogens (tertiary/aromatic N) is 1. The molecule has 0 aromatic heterocycles. The average molecular weight is 348 g/mol. The average Bonchev–Trinajstić information content (AvgIpc) is 2.85. The number of hydrogen-bond acceptors (Lipinski definition) is 1. The lowest BCUT2D eigenvalue weighted by atomic mass is 9.78. The molecule has 1 nitrogen and oxygen atoms in total. The minimum absolute atomic E-state index is 0.0270. The number of hydrogen-bond donors (Lipinski definition) is 0. The van der Waals surface area contributed by atoms with Gasteiger partial charge in [0.25, 0.3) is 0 Å². The van der Waals surface area contributed by atoms with Crippen molar-refractivity contribution in [2.45, 2.75) is 77.7 Å². The fourth-order valence-corrected chi connectivity index (χ4v) is 4.48. The van der Waals surface area contributed by atoms with Gasteiger partial charge >= 0.3 is 0 Å². The van der Waals surface area contributed by atoms with Crippen LogP contribution < -0.4 is 4.90 Å². The molecule has 0 bridgehead atoms. The van der Waals surface area contributed by atoms with Crippen LogP contribution in [0.1, 0.15) is 83.4 Å². The van der Waals surface area contributed by atoms with Gasteiger partial charge in [-0.05, 0) is 48.8 Å². The summed E-state index contributed by atoms with van der Waals surface area (Å²) in [5, 5.41) is 0. The normalized spacial score (nSPS) is 22.4. The van der Waals surface area contributed by atoms with E-state index in [1.165, 1.54) is 22.4 Å². The summed E-state index contributed by atoms with van der Waals surface area (Å²) >= 11 is 0. The second-order valence-corrected chi connectivity index (χ2v) is 9.23. The molecule has 0 aliphatic carbocycles. The van der Waals surface area contributed by atoms with E-state index in [1.807, 2.05) is 0 Å². The van der Waals surface area contributed by atoms with Gasteiger partial charge in [-0.15, -0.1) is 0 Å². The number of rotatable bonds is 4. The lowest BCUT2D eigenvalue weighted by Gasteiger charge is -2.37. The quantitative estimate of drug-likeness (QED) is 0.580. The molecule has 1 heterocycles. The van der Waals surface area contributed by atoms with Crippen molar-refractivity contribution in [1.29, 1.82) is 0 Å². The molecular weight excluding hydrogens is 314 g/mol. The van der Waals surface area contributed by atoms with Gasteiger partial charge in [-0.2, -0.15) is 0 Å². The zero-order chi connectivity index (χ0) is 19.1. The van der Waals surface area contributed by atoms with Crippen molar-refractivity contribution in [2.24, 2.45) is 0 Å². The highest BCUT2D eigenvalue weighted by Gasteiger charge is 2.48. The monoisotopic (exact) mass is 347 g/mol. The van der Waals surface area contributed by atoms with Crippen LogP contribution in [-0.2, 0) is 5.41 Å². The molecule has 1 heteroatoms. The van der Waals surface area contributed by atoms with Crippen molar-refractivity contribution in [3.8, 4) is 0 Å². The van der Waals surface area contributed by atoms with Crippen LogP contribution in [0, 0.1) is 6.54 Å². The van der Waals surface area contributed by atoms with E-state index in [0.29, 0.717) is 11.8 Å². The Bertz CT molecular complexity index is 731. The molecule has 2 aromatic carbocycles. The number of para-hydroxylation sites is 1. The van der Waals surface area contributed by atoms with Gasteiger partial charge in [0, 0.05) is 16.6 Å². The third kappa shape index (κ3) is 3.29. The third-order valence-electron chi connectivity index (χ3n) is 5.73. The maximum atomic E-state index is 3.91. The Kier molecular flexibility index (Phi) is 4.94. The molecule has 0 N–H and O–H groups in total. The van der Waals surface area contributed by atoms with Crippen LogP contribution in [0.3, 0.4) is 0 Å². The van der Waals surface area contributed by atoms with Crippen molar-refractivity contribution in [1.82, 2.24) is 0 Å². The van der Waals surface area contributed by atoms with Gasteiger partial charge in [-0.25, -0.2) is 0 Å². The summed E-state index contributed by atoms with van der Waals surface area (Å²) in [6, 6.07) is 17.7. The highest BCUT2D eigenvalue weighted by Crippen LogP contribution is 2.51. The molecule has 138 valence electrons. The summed E-state index contributed by atoms with van der Waals surface area (Å²) in [6.45, 7) is 20.1. The van der Waals surface area contributed by atoms with Gasteiger partial charge < -0.3 is 4.90 Å². The molecule has 26 heavy (non-hydrogen) atoms. The van der Waals surface area contributed by atoms with Gasteiger partial charge in [0.05, 0.1) is 0 Å². The Labute approximate surface area is 160 Å². The van der Waals surface area contributed by atoms with E-state index >= 15 is 0 Å². The van der Waals surface area contributed by atoms with Crippen LogP contribution in [0.5, 0.6) is 0 Å². The Hall–Kier alpha value is -1.76. The minimum Gasteiger partial charge on any atom is -0.354 e. The van der Waals surface area contributed by atoms with Gasteiger partial charge in [0.1, 0.15) is 6.54 Å². The first-order valence-electron chi connectivity index (χ1n) is 9.92. The molecule has 1 saturated heterocycles. The maximum absolute atomic E-state index is 3.91. The highest BCUT2D eigenvalue weighted by molar-refractivity contribution is 5.67. The predicted molar refractivity (Wildman–Crippen MR) is 113 cm³/mol. The summed E-state index contributed by atoms with van der Waals surface area (Å²) < 4.78 is 0. The van der Waals surface area contributed by atoms with Gasteiger partial charge in [0.2, 0.25) is 0 Å². The molecule has 1 fully saturated rings. The van der Waals surface area contributed by atoms with Crippen LogP contribution in [0.25, 0.3) is 0 Å². The minimum atomic E-state index is -0.0664. The second kappa shape index (κ2) is 6.76. The van der Waals surface area contributed by atoms with E-state index in [4.69, 9.17) is 0 Å². The standard InChI is InChI=1S/C25H33N/c1-18(2)21-14-11-15-22(19(3)4)23(21)26-17-25(7,16-24(26,5)6)20-12-9-8-10-13-20/h8-15,18-19H,16H2,1-7H3. The van der Waals surface area contributed by atoms with E-state index in [1.54, 1.807) is 0 Å². The molecule has 0 amide bonds. The van der Waals surface area contributed by atoms with Crippen LogP contribution in [0.2, 0.25) is 0 Å². The highest BCUT2D eigenvalue weighted by atomic mass is 15.2. The molecule has 1 atom stereocenters. The molecule has 0 saturated carbocycles. The van der Waals surface area contributed by atoms with Crippen molar-refractivity contribution in [3.05, 3.63) is 71.8 Å².